The molecule has 0 radical (unpaired) electrons. The Balaban J connectivity index is 3.28. The number of rotatable bonds is 1. The molecule has 0 N–H and O–H groups in total. The largest absolute Gasteiger partial charge is 0.462 e. The van der Waals surface area contributed by atoms with Gasteiger partial charge in [-0.3, -0.25) is 8.22 Å². The van der Waals surface area contributed by atoms with Gasteiger partial charge in [-0.25, -0.2) is 0 Å². The van der Waals surface area contributed by atoms with Crippen molar-refractivity contribution in [1.82, 2.24) is 0 Å². The molecule has 0 aliphatic carbocycles. The Hall–Kier alpha value is -0.413. The number of benzene rings is 1. The van der Waals surface area contributed by atoms with Gasteiger partial charge in [-0.05, 0) is 18.6 Å². The molecule has 0 aromatic heterocycles. The molecule has 1 rings (SSSR count). The minimum Gasteiger partial charge on any atom is -0.264 e. The second kappa shape index (κ2) is 3.87. The third kappa shape index (κ3) is 2.40. The minimum absolute atomic E-state index is 0.0438. The lowest BCUT2D eigenvalue weighted by Crippen LogP contribution is -2.47. The van der Waals surface area contributed by atoms with Crippen LogP contribution in [0.1, 0.15) is 26.3 Å². The van der Waals surface area contributed by atoms with Crippen molar-refractivity contribution in [2.45, 2.75) is 32.7 Å². The maximum Gasteiger partial charge on any atom is 0.462 e. The lowest BCUT2D eigenvalue weighted by atomic mass is 10.2. The fourth-order valence-corrected chi connectivity index (χ4v) is 3.34. The van der Waals surface area contributed by atoms with E-state index in [-0.39, 0.29) is 10.2 Å². The minimum atomic E-state index is -4.48. The highest BCUT2D eigenvalue weighted by atomic mass is 35.5. The summed E-state index contributed by atoms with van der Waals surface area (Å²) in [4.78, 5) is 0. The van der Waals surface area contributed by atoms with Crippen LogP contribution in [0.3, 0.4) is 0 Å². The van der Waals surface area contributed by atoms with E-state index in [1.807, 2.05) is 6.92 Å². The zero-order valence-corrected chi connectivity index (χ0v) is 11.1. The summed E-state index contributed by atoms with van der Waals surface area (Å²) in [5, 5.41) is -0.754. The van der Waals surface area contributed by atoms with Crippen LogP contribution in [0.4, 0.5) is 8.22 Å². The van der Waals surface area contributed by atoms with Crippen molar-refractivity contribution in [3.8, 4) is 0 Å². The fourth-order valence-electron chi connectivity index (χ4n) is 1.28. The topological polar surface area (TPSA) is 0 Å². The third-order valence-corrected chi connectivity index (χ3v) is 5.87. The molecular formula is C11H15ClF2Si. The number of hydrogen-bond donors (Lipinski definition) is 0. The fraction of sp³-hybridized carbons (Fsp3) is 0.455. The van der Waals surface area contributed by atoms with E-state index < -0.39 is 13.8 Å². The van der Waals surface area contributed by atoms with Crippen LogP contribution in [0.15, 0.2) is 18.2 Å². The van der Waals surface area contributed by atoms with Crippen LogP contribution in [0.2, 0.25) is 10.1 Å². The van der Waals surface area contributed by atoms with Crippen LogP contribution in [-0.4, -0.2) is 8.74 Å². The number of hydrogen-bond acceptors (Lipinski definition) is 0. The van der Waals surface area contributed by atoms with E-state index in [1.54, 1.807) is 32.9 Å². The van der Waals surface area contributed by atoms with Crippen molar-refractivity contribution < 1.29 is 8.22 Å². The molecule has 4 heteroatoms. The van der Waals surface area contributed by atoms with E-state index >= 15 is 0 Å². The quantitative estimate of drug-likeness (QED) is 0.520. The average molecular weight is 249 g/mol. The van der Waals surface area contributed by atoms with Gasteiger partial charge in [-0.15, -0.1) is 0 Å². The summed E-state index contributed by atoms with van der Waals surface area (Å²) >= 11 is 5.87. The van der Waals surface area contributed by atoms with Crippen molar-refractivity contribution in [3.05, 3.63) is 28.8 Å². The average Bonchev–Trinajstić information content (AvgIpc) is 2.00. The van der Waals surface area contributed by atoms with Crippen LogP contribution in [0.5, 0.6) is 0 Å². The monoisotopic (exact) mass is 248 g/mol. The first-order chi connectivity index (χ1) is 6.66. The van der Waals surface area contributed by atoms with Gasteiger partial charge in [0.05, 0.1) is 0 Å². The van der Waals surface area contributed by atoms with E-state index in [9.17, 15) is 8.22 Å². The normalized spacial score (nSPS) is 13.0. The Morgan fingerprint density at radius 3 is 2.13 bits per heavy atom. The Kier molecular flexibility index (Phi) is 3.26. The molecule has 0 saturated carbocycles. The predicted octanol–water partition coefficient (Wildman–Crippen LogP) is 4.04. The molecular weight excluding hydrogens is 234 g/mol. The van der Waals surface area contributed by atoms with Gasteiger partial charge in [-0.2, -0.15) is 0 Å². The molecule has 1 aromatic carbocycles. The Bertz CT molecular complexity index is 369. The summed E-state index contributed by atoms with van der Waals surface area (Å²) in [6.45, 7) is 6.53. The molecule has 0 saturated heterocycles. The van der Waals surface area contributed by atoms with Crippen molar-refractivity contribution in [2.24, 2.45) is 0 Å². The highest BCUT2D eigenvalue weighted by molar-refractivity contribution is 6.84. The van der Waals surface area contributed by atoms with Gasteiger partial charge in [0, 0.05) is 15.2 Å². The molecule has 0 aliphatic rings. The van der Waals surface area contributed by atoms with Crippen LogP contribution in [0.25, 0.3) is 0 Å². The van der Waals surface area contributed by atoms with Crippen molar-refractivity contribution in [2.75, 3.05) is 0 Å². The molecule has 0 amide bonds. The highest BCUT2D eigenvalue weighted by Crippen LogP contribution is 2.38. The van der Waals surface area contributed by atoms with Gasteiger partial charge in [0.15, 0.2) is 0 Å². The number of aryl methyl sites for hydroxylation is 1. The van der Waals surface area contributed by atoms with E-state index in [4.69, 9.17) is 11.6 Å². The summed E-state index contributed by atoms with van der Waals surface area (Å²) in [5.41, 5.74) is 0.905. The molecule has 15 heavy (non-hydrogen) atoms. The maximum atomic E-state index is 14.1. The first kappa shape index (κ1) is 12.7. The van der Waals surface area contributed by atoms with Gasteiger partial charge in [0.2, 0.25) is 0 Å². The standard InChI is InChI=1S/C11H15ClF2Si/c1-8-5-6-10(9(12)7-8)15(13,14)11(2,3)4/h5-7H,1-4H3. The SMILES string of the molecule is Cc1ccc([Si](F)(F)C(C)(C)C)c(Cl)c1. The molecule has 0 unspecified atom stereocenters. The Labute approximate surface area is 95.6 Å². The van der Waals surface area contributed by atoms with Crippen LogP contribution in [0, 0.1) is 6.92 Å². The first-order valence-electron chi connectivity index (χ1n) is 4.80. The molecule has 0 nitrogen and oxygen atoms in total. The first-order valence-corrected chi connectivity index (χ1v) is 6.94. The van der Waals surface area contributed by atoms with Gasteiger partial charge in [0.25, 0.3) is 0 Å². The second-order valence-electron chi connectivity index (χ2n) is 4.81. The van der Waals surface area contributed by atoms with Gasteiger partial charge < -0.3 is 0 Å². The van der Waals surface area contributed by atoms with Crippen LogP contribution < -0.4 is 5.19 Å². The zero-order chi connectivity index (χ0) is 11.9. The molecule has 0 spiro atoms. The van der Waals surface area contributed by atoms with Crippen LogP contribution >= 0.6 is 11.6 Å². The van der Waals surface area contributed by atoms with Crippen molar-refractivity contribution >= 4 is 25.5 Å². The summed E-state index contributed by atoms with van der Waals surface area (Å²) in [7, 11) is -4.48. The van der Waals surface area contributed by atoms with E-state index in [0.717, 1.165) is 5.56 Å². The molecule has 0 bridgehead atoms. The molecule has 84 valence electrons. The zero-order valence-electron chi connectivity index (χ0n) is 9.37. The number of halogens is 3. The van der Waals surface area contributed by atoms with Gasteiger partial charge in [-0.1, -0.05) is 44.5 Å². The molecule has 0 fully saturated rings. The van der Waals surface area contributed by atoms with Crippen LogP contribution in [-0.2, 0) is 0 Å². The lowest BCUT2D eigenvalue weighted by molar-refractivity contribution is 0.519. The second-order valence-corrected chi connectivity index (χ2v) is 8.40. The molecule has 1 aromatic rings. The van der Waals surface area contributed by atoms with E-state index in [1.165, 1.54) is 6.07 Å². The molecule has 0 heterocycles. The summed E-state index contributed by atoms with van der Waals surface area (Å²) < 4.78 is 28.2. The third-order valence-electron chi connectivity index (χ3n) is 2.40. The molecule has 0 aliphatic heterocycles. The van der Waals surface area contributed by atoms with Gasteiger partial charge in [0.1, 0.15) is 0 Å². The Morgan fingerprint density at radius 1 is 1.20 bits per heavy atom. The summed E-state index contributed by atoms with van der Waals surface area (Å²) in [5.74, 6) is 0. The van der Waals surface area contributed by atoms with Crippen molar-refractivity contribution in [3.63, 3.8) is 0 Å². The van der Waals surface area contributed by atoms with Gasteiger partial charge >= 0.3 is 8.74 Å². The maximum absolute atomic E-state index is 14.1. The predicted molar refractivity (Wildman–Crippen MR) is 63.5 cm³/mol. The van der Waals surface area contributed by atoms with E-state index in [0.29, 0.717) is 0 Å². The van der Waals surface area contributed by atoms with E-state index in [2.05, 4.69) is 0 Å². The molecule has 0 atom stereocenters. The summed E-state index contributed by atoms with van der Waals surface area (Å²) in [6.07, 6.45) is 0. The highest BCUT2D eigenvalue weighted by Gasteiger charge is 2.51. The Morgan fingerprint density at radius 2 is 1.73 bits per heavy atom. The lowest BCUT2D eigenvalue weighted by Gasteiger charge is -2.28. The van der Waals surface area contributed by atoms with Crippen molar-refractivity contribution in [1.29, 1.82) is 0 Å². The smallest absolute Gasteiger partial charge is 0.264 e. The summed E-state index contributed by atoms with van der Waals surface area (Å²) in [6, 6.07) is 4.76.